The Balaban J connectivity index is 1.57. The van der Waals surface area contributed by atoms with E-state index in [0.29, 0.717) is 11.2 Å². The predicted molar refractivity (Wildman–Crippen MR) is 107 cm³/mol. The number of anilines is 1. The summed E-state index contributed by atoms with van der Waals surface area (Å²) in [6.07, 6.45) is 2.99. The maximum Gasteiger partial charge on any atom is 0.224 e. The van der Waals surface area contributed by atoms with Crippen molar-refractivity contribution in [3.63, 3.8) is 0 Å². The molecule has 6 heteroatoms. The van der Waals surface area contributed by atoms with Crippen molar-refractivity contribution in [3.8, 4) is 0 Å². The Bertz CT molecular complexity index is 1030. The van der Waals surface area contributed by atoms with Crippen LogP contribution in [0, 0.1) is 0 Å². The smallest absolute Gasteiger partial charge is 0.224 e. The number of thiophene rings is 1. The molecule has 0 spiro atoms. The van der Waals surface area contributed by atoms with Gasteiger partial charge in [0.1, 0.15) is 5.82 Å². The molecule has 0 saturated heterocycles. The third kappa shape index (κ3) is 3.10. The molecular weight excluding hydrogens is 352 g/mol. The van der Waals surface area contributed by atoms with Crippen molar-refractivity contribution in [3.05, 3.63) is 52.3 Å². The molecule has 0 amide bonds. The molecule has 0 aliphatic heterocycles. The first-order valence-electron chi connectivity index (χ1n) is 8.37. The molecule has 0 aliphatic carbocycles. The molecule has 3 aromatic heterocycles. The predicted octanol–water partition coefficient (Wildman–Crippen LogP) is 5.60. The molecule has 3 heterocycles. The second-order valence-corrected chi connectivity index (χ2v) is 7.62. The zero-order chi connectivity index (χ0) is 17.4. The number of nitrogens with zero attached hydrogens (tertiary/aromatic N) is 2. The van der Waals surface area contributed by atoms with Gasteiger partial charge in [-0.3, -0.25) is 0 Å². The summed E-state index contributed by atoms with van der Waals surface area (Å²) >= 11 is 7.83. The van der Waals surface area contributed by atoms with Crippen LogP contribution in [0.15, 0.2) is 35.8 Å². The molecule has 25 heavy (non-hydrogen) atoms. The van der Waals surface area contributed by atoms with Crippen molar-refractivity contribution >= 4 is 49.9 Å². The van der Waals surface area contributed by atoms with Crippen molar-refractivity contribution in [1.82, 2.24) is 15.0 Å². The zero-order valence-corrected chi connectivity index (χ0v) is 15.7. The van der Waals surface area contributed by atoms with Gasteiger partial charge in [-0.2, -0.15) is 4.98 Å². The Morgan fingerprint density at radius 1 is 1.24 bits per heavy atom. The molecule has 0 atom stereocenters. The van der Waals surface area contributed by atoms with Crippen LogP contribution < -0.4 is 5.32 Å². The van der Waals surface area contributed by atoms with Crippen molar-refractivity contribution in [2.75, 3.05) is 11.9 Å². The third-order valence-corrected chi connectivity index (χ3v) is 5.56. The SMILES string of the molecule is CC(C)c1csc2c(NCCc3c[nH]c4ccccc34)nc(Cl)nc12. The van der Waals surface area contributed by atoms with E-state index in [-0.39, 0.29) is 0 Å². The second kappa shape index (κ2) is 6.65. The summed E-state index contributed by atoms with van der Waals surface area (Å²) in [7, 11) is 0. The number of fused-ring (bicyclic) bond motifs is 2. The number of rotatable bonds is 5. The van der Waals surface area contributed by atoms with Crippen molar-refractivity contribution < 1.29 is 0 Å². The lowest BCUT2D eigenvalue weighted by atomic mass is 10.1. The van der Waals surface area contributed by atoms with Crippen LogP contribution in [0.25, 0.3) is 21.1 Å². The normalized spacial score (nSPS) is 11.7. The Kier molecular flexibility index (Phi) is 4.36. The van der Waals surface area contributed by atoms with Crippen LogP contribution in [0.5, 0.6) is 0 Å². The number of aromatic amines is 1. The summed E-state index contributed by atoms with van der Waals surface area (Å²) in [5, 5.41) is 7.17. The van der Waals surface area contributed by atoms with Gasteiger partial charge in [0.2, 0.25) is 5.28 Å². The van der Waals surface area contributed by atoms with E-state index in [2.05, 4.69) is 63.9 Å². The Labute approximate surface area is 155 Å². The summed E-state index contributed by atoms with van der Waals surface area (Å²) in [6, 6.07) is 8.36. The fourth-order valence-electron chi connectivity index (χ4n) is 3.09. The Hall–Kier alpha value is -2.11. The van der Waals surface area contributed by atoms with Gasteiger partial charge in [-0.15, -0.1) is 11.3 Å². The number of nitrogens with one attached hydrogen (secondary N) is 2. The summed E-state index contributed by atoms with van der Waals surface area (Å²) < 4.78 is 1.08. The molecule has 2 N–H and O–H groups in total. The van der Waals surface area contributed by atoms with E-state index in [4.69, 9.17) is 11.6 Å². The van der Waals surface area contributed by atoms with Crippen LogP contribution in [-0.2, 0) is 6.42 Å². The van der Waals surface area contributed by atoms with Gasteiger partial charge in [-0.05, 0) is 46.5 Å². The molecule has 0 radical (unpaired) electrons. The molecular formula is C19H19ClN4S. The van der Waals surface area contributed by atoms with Crippen LogP contribution in [0.3, 0.4) is 0 Å². The quantitative estimate of drug-likeness (QED) is 0.449. The average Bonchev–Trinajstić information content (AvgIpc) is 3.19. The molecule has 4 nitrogen and oxygen atoms in total. The second-order valence-electron chi connectivity index (χ2n) is 6.40. The lowest BCUT2D eigenvalue weighted by Gasteiger charge is -2.08. The first-order chi connectivity index (χ1) is 12.1. The fraction of sp³-hybridized carbons (Fsp3) is 0.263. The molecule has 1 aromatic carbocycles. The number of aromatic nitrogens is 3. The van der Waals surface area contributed by atoms with E-state index < -0.39 is 0 Å². The van der Waals surface area contributed by atoms with E-state index in [9.17, 15) is 0 Å². The van der Waals surface area contributed by atoms with Gasteiger partial charge >= 0.3 is 0 Å². The van der Waals surface area contributed by atoms with Gasteiger partial charge < -0.3 is 10.3 Å². The lowest BCUT2D eigenvalue weighted by Crippen LogP contribution is -2.07. The fourth-order valence-corrected chi connectivity index (χ4v) is 4.39. The number of hydrogen-bond donors (Lipinski definition) is 2. The number of hydrogen-bond acceptors (Lipinski definition) is 4. The minimum absolute atomic E-state index is 0.294. The molecule has 0 saturated carbocycles. The maximum atomic E-state index is 6.15. The zero-order valence-electron chi connectivity index (χ0n) is 14.1. The van der Waals surface area contributed by atoms with Crippen LogP contribution >= 0.6 is 22.9 Å². The molecule has 4 rings (SSSR count). The van der Waals surface area contributed by atoms with Crippen LogP contribution in [0.2, 0.25) is 5.28 Å². The first kappa shape index (κ1) is 16.4. The third-order valence-electron chi connectivity index (χ3n) is 4.40. The van der Waals surface area contributed by atoms with Crippen LogP contribution in [0.1, 0.15) is 30.9 Å². The number of benzene rings is 1. The van der Waals surface area contributed by atoms with Gasteiger partial charge in [0.15, 0.2) is 0 Å². The Morgan fingerprint density at radius 2 is 2.08 bits per heavy atom. The first-order valence-corrected chi connectivity index (χ1v) is 9.62. The highest BCUT2D eigenvalue weighted by atomic mass is 35.5. The van der Waals surface area contributed by atoms with E-state index in [1.54, 1.807) is 11.3 Å². The average molecular weight is 371 g/mol. The minimum Gasteiger partial charge on any atom is -0.368 e. The van der Waals surface area contributed by atoms with Gasteiger partial charge in [0.25, 0.3) is 0 Å². The van der Waals surface area contributed by atoms with Crippen molar-refractivity contribution in [2.45, 2.75) is 26.2 Å². The van der Waals surface area contributed by atoms with Gasteiger partial charge in [0.05, 0.1) is 10.2 Å². The Morgan fingerprint density at radius 3 is 2.92 bits per heavy atom. The van der Waals surface area contributed by atoms with Gasteiger partial charge in [0, 0.05) is 23.6 Å². The molecule has 4 aromatic rings. The molecule has 128 valence electrons. The summed E-state index contributed by atoms with van der Waals surface area (Å²) in [5.74, 6) is 1.24. The van der Waals surface area contributed by atoms with E-state index in [1.165, 1.54) is 22.0 Å². The molecule has 0 aliphatic rings. The number of H-pyrrole nitrogens is 1. The van der Waals surface area contributed by atoms with E-state index in [0.717, 1.165) is 29.0 Å². The molecule has 0 fully saturated rings. The summed E-state index contributed by atoms with van der Waals surface area (Å²) in [5.41, 5.74) is 4.66. The maximum absolute atomic E-state index is 6.15. The summed E-state index contributed by atoms with van der Waals surface area (Å²) in [6.45, 7) is 5.13. The highest BCUT2D eigenvalue weighted by Gasteiger charge is 2.15. The highest BCUT2D eigenvalue weighted by Crippen LogP contribution is 2.34. The van der Waals surface area contributed by atoms with Crippen molar-refractivity contribution in [1.29, 1.82) is 0 Å². The topological polar surface area (TPSA) is 53.6 Å². The largest absolute Gasteiger partial charge is 0.368 e. The van der Waals surface area contributed by atoms with Crippen LogP contribution in [-0.4, -0.2) is 21.5 Å². The van der Waals surface area contributed by atoms with Gasteiger partial charge in [-0.1, -0.05) is 32.0 Å². The van der Waals surface area contributed by atoms with E-state index in [1.807, 2.05) is 6.07 Å². The van der Waals surface area contributed by atoms with Crippen molar-refractivity contribution in [2.24, 2.45) is 0 Å². The monoisotopic (exact) mass is 370 g/mol. The molecule has 0 bridgehead atoms. The lowest BCUT2D eigenvalue weighted by molar-refractivity contribution is 0.876. The minimum atomic E-state index is 0.294. The molecule has 0 unspecified atom stereocenters. The summed E-state index contributed by atoms with van der Waals surface area (Å²) in [4.78, 5) is 12.2. The number of halogens is 1. The van der Waals surface area contributed by atoms with Gasteiger partial charge in [-0.25, -0.2) is 4.98 Å². The highest BCUT2D eigenvalue weighted by molar-refractivity contribution is 7.18. The number of para-hydroxylation sites is 1. The van der Waals surface area contributed by atoms with Crippen LogP contribution in [0.4, 0.5) is 5.82 Å². The van der Waals surface area contributed by atoms with E-state index >= 15 is 0 Å². The standard InChI is InChI=1S/C19H19ClN4S/c1-11(2)14-10-25-17-16(14)23-19(20)24-18(17)21-8-7-12-9-22-15-6-4-3-5-13(12)15/h3-6,9-11,22H,7-8H2,1-2H3,(H,21,23,24).